The first-order valence-corrected chi connectivity index (χ1v) is 11.8. The molecule has 24 heavy (non-hydrogen) atoms. The summed E-state index contributed by atoms with van der Waals surface area (Å²) in [4.78, 5) is 0. The lowest BCUT2D eigenvalue weighted by atomic mass is 9.82. The molecule has 4 rings (SSSR count). The van der Waals surface area contributed by atoms with Crippen molar-refractivity contribution in [2.75, 3.05) is 12.0 Å². The summed E-state index contributed by atoms with van der Waals surface area (Å²) in [5.74, 6) is 2.79. The number of fused-ring (bicyclic) bond motifs is 2. The van der Waals surface area contributed by atoms with Gasteiger partial charge in [0.25, 0.3) is 0 Å². The minimum Gasteiger partial charge on any atom is -0.513 e. The van der Waals surface area contributed by atoms with Gasteiger partial charge in [0, 0.05) is 41.6 Å². The number of hydrogen-bond donors (Lipinski definition) is 2. The predicted molar refractivity (Wildman–Crippen MR) is 106 cm³/mol. The Morgan fingerprint density at radius 3 is 2.96 bits per heavy atom. The third-order valence-corrected chi connectivity index (χ3v) is 9.98. The van der Waals surface area contributed by atoms with Crippen LogP contribution in [0.25, 0.3) is 0 Å². The molecular weight excluding hydrogens is 336 g/mol. The summed E-state index contributed by atoms with van der Waals surface area (Å²) in [6.45, 7) is 0. The fourth-order valence-electron chi connectivity index (χ4n) is 4.43. The Labute approximate surface area is 152 Å². The van der Waals surface area contributed by atoms with Gasteiger partial charge in [0.15, 0.2) is 0 Å². The third kappa shape index (κ3) is 3.25. The van der Waals surface area contributed by atoms with Gasteiger partial charge in [-0.2, -0.15) is 0 Å². The lowest BCUT2D eigenvalue weighted by Crippen LogP contribution is -2.42. The van der Waals surface area contributed by atoms with Crippen LogP contribution in [0.1, 0.15) is 25.7 Å². The highest BCUT2D eigenvalue weighted by atomic mass is 32.2. The topological polar surface area (TPSA) is 40.5 Å². The third-order valence-electron chi connectivity index (χ3n) is 5.89. The zero-order valence-corrected chi connectivity index (χ0v) is 15.8. The SMILES string of the molecule is C[S+](CC1C=CC2C(C1)SC1C=CC=C1C2O)C1CC=C(O)CC1. The summed E-state index contributed by atoms with van der Waals surface area (Å²) in [6, 6.07) is 0. The zero-order chi connectivity index (χ0) is 16.7. The van der Waals surface area contributed by atoms with Crippen LogP contribution in [0.3, 0.4) is 0 Å². The second-order valence-corrected chi connectivity index (χ2v) is 11.3. The van der Waals surface area contributed by atoms with Crippen LogP contribution in [-0.2, 0) is 10.9 Å². The number of hydrogen-bond acceptors (Lipinski definition) is 3. The van der Waals surface area contributed by atoms with Crippen LogP contribution in [0, 0.1) is 11.8 Å². The van der Waals surface area contributed by atoms with Crippen LogP contribution in [0.5, 0.6) is 0 Å². The van der Waals surface area contributed by atoms with Crippen LogP contribution >= 0.6 is 11.8 Å². The molecule has 1 fully saturated rings. The van der Waals surface area contributed by atoms with Crippen molar-refractivity contribution >= 4 is 22.7 Å². The van der Waals surface area contributed by atoms with Crippen LogP contribution < -0.4 is 0 Å². The Bertz CT molecular complexity index is 607. The van der Waals surface area contributed by atoms with E-state index in [2.05, 4.69) is 48.4 Å². The minimum atomic E-state index is -0.292. The summed E-state index contributed by atoms with van der Waals surface area (Å²) < 4.78 is 0. The van der Waals surface area contributed by atoms with Crippen LogP contribution in [0.15, 0.2) is 47.8 Å². The highest BCUT2D eigenvalue weighted by Crippen LogP contribution is 2.47. The molecule has 2 nitrogen and oxygen atoms in total. The molecule has 7 atom stereocenters. The minimum absolute atomic E-state index is 0.292. The normalized spacial score (nSPS) is 42.1. The largest absolute Gasteiger partial charge is 0.513 e. The molecule has 7 unspecified atom stereocenters. The predicted octanol–water partition coefficient (Wildman–Crippen LogP) is 3.76. The van der Waals surface area contributed by atoms with E-state index in [4.69, 9.17) is 0 Å². The van der Waals surface area contributed by atoms with Crippen molar-refractivity contribution in [2.24, 2.45) is 11.8 Å². The van der Waals surface area contributed by atoms with Crippen LogP contribution in [0.2, 0.25) is 0 Å². The lowest BCUT2D eigenvalue weighted by molar-refractivity contribution is 0.151. The number of allylic oxidation sites excluding steroid dienone is 5. The van der Waals surface area contributed by atoms with E-state index >= 15 is 0 Å². The first-order valence-electron chi connectivity index (χ1n) is 9.01. The lowest BCUT2D eigenvalue weighted by Gasteiger charge is -2.41. The van der Waals surface area contributed by atoms with E-state index in [-0.39, 0.29) is 6.10 Å². The van der Waals surface area contributed by atoms with Gasteiger partial charge < -0.3 is 10.2 Å². The molecule has 2 N–H and O–H groups in total. The Kier molecular flexibility index (Phi) is 4.90. The fraction of sp³-hybridized carbons (Fsp3) is 0.600. The average Bonchev–Trinajstić information content (AvgIpc) is 3.04. The van der Waals surface area contributed by atoms with Crippen molar-refractivity contribution in [3.63, 3.8) is 0 Å². The van der Waals surface area contributed by atoms with E-state index in [1.807, 2.05) is 6.08 Å². The van der Waals surface area contributed by atoms with Crippen LogP contribution in [-0.4, -0.2) is 44.1 Å². The maximum Gasteiger partial charge on any atom is 0.122 e. The second-order valence-electron chi connectivity index (χ2n) is 7.50. The van der Waals surface area contributed by atoms with Gasteiger partial charge >= 0.3 is 0 Å². The van der Waals surface area contributed by atoms with Gasteiger partial charge in [0.1, 0.15) is 11.0 Å². The van der Waals surface area contributed by atoms with Crippen molar-refractivity contribution in [2.45, 2.75) is 47.5 Å². The number of rotatable bonds is 3. The molecule has 0 aromatic rings. The molecule has 0 spiro atoms. The van der Waals surface area contributed by atoms with Gasteiger partial charge in [-0.1, -0.05) is 30.4 Å². The van der Waals surface area contributed by atoms with Gasteiger partial charge in [0.2, 0.25) is 0 Å². The molecule has 0 bridgehead atoms. The van der Waals surface area contributed by atoms with Crippen molar-refractivity contribution in [3.05, 3.63) is 47.8 Å². The number of aliphatic hydroxyl groups is 2. The summed E-state index contributed by atoms with van der Waals surface area (Å²) in [5, 5.41) is 21.9. The van der Waals surface area contributed by atoms with Crippen molar-refractivity contribution in [3.8, 4) is 0 Å². The number of thioether (sulfide) groups is 1. The first-order chi connectivity index (χ1) is 11.6. The second kappa shape index (κ2) is 6.97. The molecule has 0 amide bonds. The summed E-state index contributed by atoms with van der Waals surface area (Å²) in [6.07, 6.45) is 19.5. The van der Waals surface area contributed by atoms with Crippen molar-refractivity contribution in [1.29, 1.82) is 0 Å². The molecule has 0 aromatic heterocycles. The van der Waals surface area contributed by atoms with Gasteiger partial charge in [-0.15, -0.1) is 11.8 Å². The molecule has 0 saturated carbocycles. The summed E-state index contributed by atoms with van der Waals surface area (Å²) in [7, 11) is 0.401. The van der Waals surface area contributed by atoms with Gasteiger partial charge in [-0.25, -0.2) is 0 Å². The molecule has 1 heterocycles. The first kappa shape index (κ1) is 16.9. The van der Waals surface area contributed by atoms with Crippen molar-refractivity contribution < 1.29 is 10.2 Å². The maximum atomic E-state index is 10.7. The Balaban J connectivity index is 1.39. The summed E-state index contributed by atoms with van der Waals surface area (Å²) in [5.41, 5.74) is 1.20. The van der Waals surface area contributed by atoms with Gasteiger partial charge in [-0.3, -0.25) is 0 Å². The molecule has 4 aliphatic rings. The quantitative estimate of drug-likeness (QED) is 0.592. The molecular formula is C20H27O2S2+. The van der Waals surface area contributed by atoms with E-state index < -0.39 is 0 Å². The van der Waals surface area contributed by atoms with E-state index in [9.17, 15) is 10.2 Å². The highest BCUT2D eigenvalue weighted by molar-refractivity contribution is 8.01. The monoisotopic (exact) mass is 363 g/mol. The zero-order valence-electron chi connectivity index (χ0n) is 14.2. The Morgan fingerprint density at radius 2 is 2.17 bits per heavy atom. The molecule has 1 saturated heterocycles. The maximum absolute atomic E-state index is 10.7. The van der Waals surface area contributed by atoms with Gasteiger partial charge in [0.05, 0.1) is 18.1 Å². The standard InChI is InChI=1S/C20H26O2S2/c1-24(15-8-6-14(21)7-9-15)12-13-5-10-17-19(11-13)23-18-4-2-3-16(18)20(17)22/h2-6,10,13,15,17-20,22H,7-9,11-12H2,1H3/p+1. The molecule has 3 aliphatic carbocycles. The fourth-order valence-corrected chi connectivity index (χ4v) is 8.28. The van der Waals surface area contributed by atoms with E-state index in [0.29, 0.717) is 39.0 Å². The summed E-state index contributed by atoms with van der Waals surface area (Å²) >= 11 is 2.05. The molecule has 130 valence electrons. The highest BCUT2D eigenvalue weighted by Gasteiger charge is 2.43. The van der Waals surface area contributed by atoms with Crippen LogP contribution in [0.4, 0.5) is 0 Å². The molecule has 1 aliphatic heterocycles. The molecule has 0 aromatic carbocycles. The number of aliphatic hydroxyl groups excluding tert-OH is 2. The molecule has 0 radical (unpaired) electrons. The van der Waals surface area contributed by atoms with E-state index in [1.54, 1.807) is 0 Å². The van der Waals surface area contributed by atoms with Gasteiger partial charge in [-0.05, 0) is 29.0 Å². The Hall–Kier alpha value is -0.580. The van der Waals surface area contributed by atoms with E-state index in [0.717, 1.165) is 24.5 Å². The molecule has 4 heteroatoms. The van der Waals surface area contributed by atoms with E-state index in [1.165, 1.54) is 17.7 Å². The van der Waals surface area contributed by atoms with Crippen molar-refractivity contribution in [1.82, 2.24) is 0 Å². The Morgan fingerprint density at radius 1 is 1.29 bits per heavy atom. The average molecular weight is 364 g/mol. The smallest absolute Gasteiger partial charge is 0.122 e.